The molecule has 4 heterocycles. The van der Waals surface area contributed by atoms with Crippen LogP contribution in [0.15, 0.2) is 66.0 Å². The molecule has 5 rings (SSSR count). The maximum atomic E-state index is 13.2. The molecule has 2 aromatic heterocycles. The van der Waals surface area contributed by atoms with Gasteiger partial charge in [-0.15, -0.1) is 0 Å². The van der Waals surface area contributed by atoms with E-state index >= 15 is 0 Å². The van der Waals surface area contributed by atoms with E-state index in [1.54, 1.807) is 25.6 Å². The van der Waals surface area contributed by atoms with Crippen LogP contribution in [-0.4, -0.2) is 48.7 Å². The molecule has 0 aliphatic carbocycles. The van der Waals surface area contributed by atoms with E-state index in [1.165, 1.54) is 0 Å². The van der Waals surface area contributed by atoms with Crippen molar-refractivity contribution in [3.63, 3.8) is 0 Å². The van der Waals surface area contributed by atoms with Gasteiger partial charge in [-0.1, -0.05) is 12.1 Å². The predicted molar refractivity (Wildman–Crippen MR) is 109 cm³/mol. The van der Waals surface area contributed by atoms with Crippen molar-refractivity contribution in [2.75, 3.05) is 20.2 Å². The Bertz CT molecular complexity index is 1160. The minimum atomic E-state index is -3.33. The van der Waals surface area contributed by atoms with Crippen molar-refractivity contribution >= 4 is 9.84 Å². The van der Waals surface area contributed by atoms with Gasteiger partial charge in [-0.05, 0) is 47.0 Å². The van der Waals surface area contributed by atoms with Crippen LogP contribution in [0.1, 0.15) is 17.0 Å². The Kier molecular flexibility index (Phi) is 4.37. The van der Waals surface area contributed by atoms with Crippen LogP contribution in [0.2, 0.25) is 0 Å². The molecular weight excluding hydrogens is 386 g/mol. The molecule has 2 atom stereocenters. The number of sulfone groups is 1. The van der Waals surface area contributed by atoms with Crippen LogP contribution in [0, 0.1) is 0 Å². The fourth-order valence-electron chi connectivity index (χ4n) is 4.55. The third kappa shape index (κ3) is 3.01. The Morgan fingerprint density at radius 2 is 2.00 bits per heavy atom. The molecule has 0 amide bonds. The van der Waals surface area contributed by atoms with E-state index in [2.05, 4.69) is 14.9 Å². The first-order valence-electron chi connectivity index (χ1n) is 9.56. The van der Waals surface area contributed by atoms with E-state index in [0.29, 0.717) is 23.9 Å². The van der Waals surface area contributed by atoms with Gasteiger partial charge in [-0.3, -0.25) is 9.88 Å². The molecule has 1 fully saturated rings. The van der Waals surface area contributed by atoms with Gasteiger partial charge in [-0.25, -0.2) is 13.4 Å². The minimum Gasteiger partial charge on any atom is -0.481 e. The maximum absolute atomic E-state index is 13.2. The predicted octanol–water partition coefficient (Wildman–Crippen LogP) is 2.91. The zero-order chi connectivity index (χ0) is 20.0. The molecule has 0 radical (unpaired) electrons. The zero-order valence-corrected chi connectivity index (χ0v) is 16.8. The number of fused-ring (bicyclic) bond motifs is 3. The molecule has 0 unspecified atom stereocenters. The average molecular weight is 407 g/mol. The van der Waals surface area contributed by atoms with Crippen molar-refractivity contribution < 1.29 is 13.2 Å². The van der Waals surface area contributed by atoms with Crippen molar-refractivity contribution in [1.29, 1.82) is 0 Å². The largest absolute Gasteiger partial charge is 0.481 e. The molecule has 6 nitrogen and oxygen atoms in total. The summed E-state index contributed by atoms with van der Waals surface area (Å²) in [5.41, 5.74) is 3.80. The Hall–Kier alpha value is -2.77. The fraction of sp³-hybridized carbons (Fsp3) is 0.273. The fourth-order valence-corrected chi connectivity index (χ4v) is 6.74. The smallest absolute Gasteiger partial charge is 0.221 e. The summed E-state index contributed by atoms with van der Waals surface area (Å²) in [5.74, 6) is 0.517. The molecule has 7 heteroatoms. The van der Waals surface area contributed by atoms with Crippen molar-refractivity contribution in [2.45, 2.75) is 22.6 Å². The second kappa shape index (κ2) is 6.93. The number of hydrogen-bond acceptors (Lipinski definition) is 6. The summed E-state index contributed by atoms with van der Waals surface area (Å²) in [6, 6.07) is 13.3. The van der Waals surface area contributed by atoms with Crippen molar-refractivity contribution in [3.05, 3.63) is 72.2 Å². The summed E-state index contributed by atoms with van der Waals surface area (Å²) in [6.07, 6.45) is 5.27. The number of aromatic nitrogens is 2. The molecule has 0 bridgehead atoms. The quantitative estimate of drug-likeness (QED) is 0.662. The third-order valence-electron chi connectivity index (χ3n) is 5.86. The Labute approximate surface area is 170 Å². The van der Waals surface area contributed by atoms with Crippen LogP contribution in [-0.2, 0) is 16.4 Å². The number of benzene rings is 1. The van der Waals surface area contributed by atoms with Gasteiger partial charge in [-0.2, -0.15) is 0 Å². The van der Waals surface area contributed by atoms with Crippen LogP contribution in [0.3, 0.4) is 0 Å². The first-order valence-corrected chi connectivity index (χ1v) is 11.1. The normalized spacial score (nSPS) is 22.2. The lowest BCUT2D eigenvalue weighted by Gasteiger charge is -2.17. The molecular formula is C22H21N3O3S. The van der Waals surface area contributed by atoms with Gasteiger partial charge in [0.15, 0.2) is 9.84 Å². The molecule has 2 aliphatic rings. The Morgan fingerprint density at radius 3 is 2.79 bits per heavy atom. The lowest BCUT2D eigenvalue weighted by Crippen LogP contribution is -2.25. The number of ether oxygens (including phenoxy) is 1. The Morgan fingerprint density at radius 1 is 1.14 bits per heavy atom. The SMILES string of the molecule is COc1ncccc1-c1ccc2c(c1)[C@@H]1CN(Cc3cccnc3)C[C@@H]1S2(=O)=O. The van der Waals surface area contributed by atoms with Crippen LogP contribution in [0.25, 0.3) is 11.1 Å². The molecule has 3 aromatic rings. The Balaban J connectivity index is 1.50. The number of likely N-dealkylation sites (tertiary alicyclic amines) is 1. The van der Waals surface area contributed by atoms with Gasteiger partial charge in [0.25, 0.3) is 0 Å². The van der Waals surface area contributed by atoms with Crippen molar-refractivity contribution in [3.8, 4) is 17.0 Å². The molecule has 29 heavy (non-hydrogen) atoms. The van der Waals surface area contributed by atoms with Crippen LogP contribution in [0.4, 0.5) is 0 Å². The van der Waals surface area contributed by atoms with E-state index in [4.69, 9.17) is 4.74 Å². The summed E-state index contributed by atoms with van der Waals surface area (Å²) in [7, 11) is -1.74. The number of rotatable bonds is 4. The average Bonchev–Trinajstić information content (AvgIpc) is 3.26. The molecule has 0 N–H and O–H groups in total. The minimum absolute atomic E-state index is 0.0192. The summed E-state index contributed by atoms with van der Waals surface area (Å²) in [6.45, 7) is 1.98. The molecule has 148 valence electrons. The monoisotopic (exact) mass is 407 g/mol. The molecule has 1 saturated heterocycles. The number of hydrogen-bond donors (Lipinski definition) is 0. The molecule has 0 saturated carbocycles. The van der Waals surface area contributed by atoms with Crippen LogP contribution in [0.5, 0.6) is 5.88 Å². The lowest BCUT2D eigenvalue weighted by atomic mass is 9.95. The number of methoxy groups -OCH3 is 1. The summed E-state index contributed by atoms with van der Waals surface area (Å²) < 4.78 is 31.7. The third-order valence-corrected chi connectivity index (χ3v) is 8.12. The molecule has 0 spiro atoms. The highest BCUT2D eigenvalue weighted by atomic mass is 32.2. The van der Waals surface area contributed by atoms with Crippen LogP contribution < -0.4 is 4.74 Å². The first-order chi connectivity index (χ1) is 14.1. The standard InChI is InChI=1S/C22H21N3O3S/c1-28-22-17(5-3-9-24-22)16-6-7-20-18(10-16)19-13-25(14-21(19)29(20,26)27)12-15-4-2-8-23-11-15/h2-11,19,21H,12-14H2,1H3/t19-,21-/m0/s1. The highest BCUT2D eigenvalue weighted by Crippen LogP contribution is 2.46. The highest BCUT2D eigenvalue weighted by Gasteiger charge is 2.50. The molecule has 2 aliphatic heterocycles. The lowest BCUT2D eigenvalue weighted by molar-refractivity contribution is 0.325. The number of pyridine rings is 2. The van der Waals surface area contributed by atoms with Gasteiger partial charge in [0, 0.05) is 49.7 Å². The maximum Gasteiger partial charge on any atom is 0.221 e. The van der Waals surface area contributed by atoms with Crippen LogP contribution >= 0.6 is 0 Å². The van der Waals surface area contributed by atoms with Gasteiger partial charge in [0.1, 0.15) is 0 Å². The van der Waals surface area contributed by atoms with E-state index in [9.17, 15) is 8.42 Å². The zero-order valence-electron chi connectivity index (χ0n) is 16.0. The summed E-state index contributed by atoms with van der Waals surface area (Å²) in [5, 5.41) is -0.389. The van der Waals surface area contributed by atoms with E-state index < -0.39 is 9.84 Å². The van der Waals surface area contributed by atoms with Gasteiger partial charge >= 0.3 is 0 Å². The topological polar surface area (TPSA) is 72.4 Å². The van der Waals surface area contributed by atoms with E-state index in [-0.39, 0.29) is 11.2 Å². The van der Waals surface area contributed by atoms with Gasteiger partial charge < -0.3 is 4.74 Å². The first kappa shape index (κ1) is 18.3. The van der Waals surface area contributed by atoms with E-state index in [0.717, 1.165) is 28.8 Å². The summed E-state index contributed by atoms with van der Waals surface area (Å²) >= 11 is 0. The highest BCUT2D eigenvalue weighted by molar-refractivity contribution is 7.92. The second-order valence-electron chi connectivity index (χ2n) is 7.56. The molecule has 1 aromatic carbocycles. The van der Waals surface area contributed by atoms with Gasteiger partial charge in [0.2, 0.25) is 5.88 Å². The summed E-state index contributed by atoms with van der Waals surface area (Å²) in [4.78, 5) is 11.1. The van der Waals surface area contributed by atoms with Gasteiger partial charge in [0.05, 0.1) is 17.3 Å². The van der Waals surface area contributed by atoms with Crippen molar-refractivity contribution in [2.24, 2.45) is 0 Å². The second-order valence-corrected chi connectivity index (χ2v) is 9.69. The number of nitrogens with zero attached hydrogens (tertiary/aromatic N) is 3. The van der Waals surface area contributed by atoms with E-state index in [1.807, 2.05) is 42.6 Å². The van der Waals surface area contributed by atoms with Crippen molar-refractivity contribution in [1.82, 2.24) is 14.9 Å².